The van der Waals surface area contributed by atoms with Gasteiger partial charge in [0, 0.05) is 32.4 Å². The molecule has 0 aliphatic carbocycles. The molecule has 2 aromatic rings. The van der Waals surface area contributed by atoms with Crippen LogP contribution in [0.4, 0.5) is 32.2 Å². The molecule has 1 aliphatic rings. The summed E-state index contributed by atoms with van der Waals surface area (Å²) in [6.45, 7) is 5.89. The number of aromatic nitrogens is 1. The highest BCUT2D eigenvalue weighted by Crippen LogP contribution is 2.34. The van der Waals surface area contributed by atoms with Crippen LogP contribution in [0.3, 0.4) is 0 Å². The minimum atomic E-state index is -4.62. The van der Waals surface area contributed by atoms with Crippen molar-refractivity contribution in [2.24, 2.45) is 0 Å². The predicted octanol–water partition coefficient (Wildman–Crippen LogP) is 5.68. The highest BCUT2D eigenvalue weighted by molar-refractivity contribution is 5.77. The molecule has 0 unspecified atom stereocenters. The topological polar surface area (TPSA) is 43.2 Å². The van der Waals surface area contributed by atoms with E-state index in [-0.39, 0.29) is 32.0 Å². The first-order chi connectivity index (χ1) is 15.9. The van der Waals surface area contributed by atoms with Crippen molar-refractivity contribution in [3.63, 3.8) is 0 Å². The van der Waals surface area contributed by atoms with Crippen LogP contribution in [0.25, 0.3) is 5.57 Å². The van der Waals surface area contributed by atoms with Gasteiger partial charge in [-0.3, -0.25) is 4.90 Å². The molecule has 0 amide bonds. The summed E-state index contributed by atoms with van der Waals surface area (Å²) in [5, 5.41) is 8.94. The summed E-state index contributed by atoms with van der Waals surface area (Å²) < 4.78 is 80.1. The van der Waals surface area contributed by atoms with Gasteiger partial charge in [-0.15, -0.1) is 0 Å². The standard InChI is InChI=1S/C24H22F6N4/c1-3-18(16(2)19-6-4-17(12-31)5-7-19)14-33-10-11-34(21(15-33)24(28,29)30)22-9-8-20(13-32-22)23(25,26)27/h3-9,13,21H,2,10-11,14-15H2,1H3/b18-3-/t21-/m1/s1. The smallest absolute Gasteiger partial charge is 0.342 e. The van der Waals surface area contributed by atoms with Crippen molar-refractivity contribution in [1.82, 2.24) is 9.88 Å². The van der Waals surface area contributed by atoms with E-state index >= 15 is 0 Å². The van der Waals surface area contributed by atoms with Crippen molar-refractivity contribution in [2.75, 3.05) is 31.1 Å². The number of hydrogen-bond acceptors (Lipinski definition) is 4. The number of halogens is 6. The second-order valence-corrected chi connectivity index (χ2v) is 7.87. The van der Waals surface area contributed by atoms with E-state index < -0.39 is 24.0 Å². The Bertz CT molecular complexity index is 1080. The van der Waals surface area contributed by atoms with Crippen LogP contribution in [0.2, 0.25) is 0 Å². The molecular weight excluding hydrogens is 458 g/mol. The quantitative estimate of drug-likeness (QED) is 0.408. The summed E-state index contributed by atoms with van der Waals surface area (Å²) in [6, 6.07) is 8.56. The molecule has 2 heterocycles. The molecule has 0 spiro atoms. The van der Waals surface area contributed by atoms with Crippen molar-refractivity contribution < 1.29 is 26.3 Å². The van der Waals surface area contributed by atoms with Gasteiger partial charge in [0.15, 0.2) is 0 Å². The van der Waals surface area contributed by atoms with E-state index in [9.17, 15) is 26.3 Å². The Hall–Kier alpha value is -3.32. The zero-order chi connectivity index (χ0) is 25.1. The van der Waals surface area contributed by atoms with Gasteiger partial charge in [0.05, 0.1) is 17.2 Å². The zero-order valence-corrected chi connectivity index (χ0v) is 18.3. The average Bonchev–Trinajstić information content (AvgIpc) is 2.81. The van der Waals surface area contributed by atoms with Crippen LogP contribution >= 0.6 is 0 Å². The fraction of sp³-hybridized carbons (Fsp3) is 0.333. The zero-order valence-electron chi connectivity index (χ0n) is 18.3. The van der Waals surface area contributed by atoms with Crippen LogP contribution < -0.4 is 4.90 Å². The average molecular weight is 480 g/mol. The second-order valence-electron chi connectivity index (χ2n) is 7.87. The summed E-state index contributed by atoms with van der Waals surface area (Å²) >= 11 is 0. The lowest BCUT2D eigenvalue weighted by Gasteiger charge is -2.43. The summed E-state index contributed by atoms with van der Waals surface area (Å²) in [7, 11) is 0. The molecule has 0 N–H and O–H groups in total. The maximum atomic E-state index is 13.9. The highest BCUT2D eigenvalue weighted by Gasteiger charge is 2.47. The van der Waals surface area contributed by atoms with Gasteiger partial charge < -0.3 is 4.90 Å². The number of allylic oxidation sites excluding steroid dienone is 1. The molecule has 1 atom stereocenters. The lowest BCUT2D eigenvalue weighted by atomic mass is 9.97. The first kappa shape index (κ1) is 25.3. The van der Waals surface area contributed by atoms with Crippen molar-refractivity contribution in [1.29, 1.82) is 5.26 Å². The Morgan fingerprint density at radius 1 is 1.12 bits per heavy atom. The second kappa shape index (κ2) is 9.89. The van der Waals surface area contributed by atoms with Gasteiger partial charge in [-0.1, -0.05) is 24.8 Å². The fourth-order valence-electron chi connectivity index (χ4n) is 3.79. The number of anilines is 1. The number of alkyl halides is 6. The maximum absolute atomic E-state index is 13.9. The van der Waals surface area contributed by atoms with Gasteiger partial charge in [-0.05, 0) is 47.9 Å². The highest BCUT2D eigenvalue weighted by atomic mass is 19.4. The fourth-order valence-corrected chi connectivity index (χ4v) is 3.79. The normalized spacial score (nSPS) is 18.0. The molecule has 1 aromatic carbocycles. The van der Waals surface area contributed by atoms with Crippen LogP contribution in [0.5, 0.6) is 0 Å². The minimum Gasteiger partial charge on any atom is -0.342 e. The Labute approximate surface area is 193 Å². The SMILES string of the molecule is C=C(/C(=C\C)CN1CCN(c2ccc(C(F)(F)F)cn2)[C@@H](C(F)(F)F)C1)c1ccc(C#N)cc1. The van der Waals surface area contributed by atoms with Crippen LogP contribution in [0.1, 0.15) is 23.6 Å². The number of pyridine rings is 1. The predicted molar refractivity (Wildman–Crippen MR) is 117 cm³/mol. The third kappa shape index (κ3) is 5.78. The van der Waals surface area contributed by atoms with Crippen LogP contribution in [0.15, 0.2) is 60.8 Å². The maximum Gasteiger partial charge on any atom is 0.417 e. The van der Waals surface area contributed by atoms with E-state index in [0.717, 1.165) is 28.2 Å². The number of benzene rings is 1. The van der Waals surface area contributed by atoms with Gasteiger partial charge >= 0.3 is 12.4 Å². The minimum absolute atomic E-state index is 0.0527. The van der Waals surface area contributed by atoms with Crippen molar-refractivity contribution in [3.8, 4) is 6.07 Å². The lowest BCUT2D eigenvalue weighted by molar-refractivity contribution is -0.156. The van der Waals surface area contributed by atoms with E-state index in [4.69, 9.17) is 5.26 Å². The molecule has 0 bridgehead atoms. The van der Waals surface area contributed by atoms with E-state index in [2.05, 4.69) is 11.6 Å². The first-order valence-electron chi connectivity index (χ1n) is 10.4. The van der Waals surface area contributed by atoms with Crippen molar-refractivity contribution >= 4 is 11.4 Å². The number of piperazine rings is 1. The summed E-state index contributed by atoms with van der Waals surface area (Å²) in [5.74, 6) is -0.150. The van der Waals surface area contributed by atoms with Gasteiger partial charge in [0.1, 0.15) is 11.9 Å². The number of hydrogen-bond donors (Lipinski definition) is 0. The van der Waals surface area contributed by atoms with Crippen molar-refractivity contribution in [3.05, 3.63) is 77.5 Å². The van der Waals surface area contributed by atoms with E-state index in [1.54, 1.807) is 42.2 Å². The van der Waals surface area contributed by atoms with Crippen LogP contribution in [0, 0.1) is 11.3 Å². The molecule has 1 aliphatic heterocycles. The van der Waals surface area contributed by atoms with Gasteiger partial charge in [0.25, 0.3) is 0 Å². The molecule has 1 aromatic heterocycles. The lowest BCUT2D eigenvalue weighted by Crippen LogP contribution is -2.59. The Morgan fingerprint density at radius 3 is 2.29 bits per heavy atom. The molecule has 0 saturated carbocycles. The van der Waals surface area contributed by atoms with E-state index in [1.165, 1.54) is 0 Å². The molecule has 4 nitrogen and oxygen atoms in total. The third-order valence-electron chi connectivity index (χ3n) is 5.70. The van der Waals surface area contributed by atoms with Gasteiger partial charge in [-0.2, -0.15) is 31.6 Å². The van der Waals surface area contributed by atoms with Crippen molar-refractivity contribution in [2.45, 2.75) is 25.3 Å². The van der Waals surface area contributed by atoms with Crippen LogP contribution in [-0.4, -0.2) is 48.3 Å². The Morgan fingerprint density at radius 2 is 1.79 bits per heavy atom. The molecule has 3 rings (SSSR count). The Balaban J connectivity index is 1.76. The Kier molecular flexibility index (Phi) is 7.36. The van der Waals surface area contributed by atoms with E-state index in [1.807, 2.05) is 6.07 Å². The van der Waals surface area contributed by atoms with E-state index in [0.29, 0.717) is 17.3 Å². The third-order valence-corrected chi connectivity index (χ3v) is 5.70. The number of rotatable bonds is 5. The number of nitriles is 1. The monoisotopic (exact) mass is 480 g/mol. The molecule has 1 saturated heterocycles. The summed E-state index contributed by atoms with van der Waals surface area (Å²) in [6.07, 6.45) is -6.89. The molecule has 10 heteroatoms. The van der Waals surface area contributed by atoms with Gasteiger partial charge in [-0.25, -0.2) is 4.98 Å². The number of nitrogens with zero attached hydrogens (tertiary/aromatic N) is 4. The molecule has 1 fully saturated rings. The molecule has 0 radical (unpaired) electrons. The molecule has 180 valence electrons. The summed E-state index contributed by atoms with van der Waals surface area (Å²) in [5.41, 5.74) is 1.61. The molecular formula is C24H22F6N4. The summed E-state index contributed by atoms with van der Waals surface area (Å²) in [4.78, 5) is 6.30. The first-order valence-corrected chi connectivity index (χ1v) is 10.4. The van der Waals surface area contributed by atoms with Crippen LogP contribution in [-0.2, 0) is 6.18 Å². The largest absolute Gasteiger partial charge is 0.417 e. The molecule has 34 heavy (non-hydrogen) atoms. The van der Waals surface area contributed by atoms with Gasteiger partial charge in [0.2, 0.25) is 0 Å².